The fourth-order valence-corrected chi connectivity index (χ4v) is 10.1. The van der Waals surface area contributed by atoms with Gasteiger partial charge in [-0.2, -0.15) is 0 Å². The van der Waals surface area contributed by atoms with Crippen LogP contribution in [0.15, 0.2) is 206 Å². The summed E-state index contributed by atoms with van der Waals surface area (Å²) in [6, 6.07) is 76.0. The Morgan fingerprint density at radius 1 is 0.322 bits per heavy atom. The molecule has 0 amide bonds. The van der Waals surface area contributed by atoms with Crippen LogP contribution in [0.2, 0.25) is 0 Å². The first-order chi connectivity index (χ1) is 29.0. The van der Waals surface area contributed by atoms with Crippen LogP contribution in [-0.4, -0.2) is 9.13 Å². The van der Waals surface area contributed by atoms with Crippen LogP contribution >= 0.6 is 0 Å². The molecule has 0 saturated carbocycles. The summed E-state index contributed by atoms with van der Waals surface area (Å²) in [5, 5.41) is 5.10. The van der Waals surface area contributed by atoms with E-state index in [1.807, 2.05) is 0 Å². The van der Waals surface area contributed by atoms with E-state index in [-0.39, 0.29) is 5.41 Å². The van der Waals surface area contributed by atoms with Gasteiger partial charge in [0.25, 0.3) is 0 Å². The molecule has 1 aliphatic carbocycles. The number of hydrogen-bond donors (Lipinski definition) is 0. The molecule has 12 rings (SSSR count). The topological polar surface area (TPSA) is 9.86 Å². The number of aromatic nitrogens is 2. The molecule has 0 bridgehead atoms. The third kappa shape index (κ3) is 5.06. The van der Waals surface area contributed by atoms with E-state index in [0.717, 1.165) is 11.4 Å². The van der Waals surface area contributed by atoms with Crippen LogP contribution in [0.25, 0.3) is 99.5 Å². The van der Waals surface area contributed by atoms with Gasteiger partial charge in [0.2, 0.25) is 0 Å². The molecule has 0 radical (unpaired) electrons. The van der Waals surface area contributed by atoms with Gasteiger partial charge in [0, 0.05) is 38.3 Å². The first kappa shape index (κ1) is 33.7. The molecule has 11 aromatic rings. The van der Waals surface area contributed by atoms with Crippen molar-refractivity contribution < 1.29 is 0 Å². The molecular formula is C57H40N2. The summed E-state index contributed by atoms with van der Waals surface area (Å²) in [4.78, 5) is 0. The van der Waals surface area contributed by atoms with Crippen LogP contribution in [0.4, 0.5) is 0 Å². The van der Waals surface area contributed by atoms with Gasteiger partial charge in [0.15, 0.2) is 0 Å². The minimum absolute atomic E-state index is 0.0927. The van der Waals surface area contributed by atoms with Crippen LogP contribution in [0.5, 0.6) is 0 Å². The Labute approximate surface area is 343 Å². The number of benzene rings is 9. The predicted molar refractivity (Wildman–Crippen MR) is 249 cm³/mol. The molecule has 0 N–H and O–H groups in total. The van der Waals surface area contributed by atoms with E-state index in [1.165, 1.54) is 99.2 Å². The normalized spacial score (nSPS) is 13.1. The number of hydrogen-bond acceptors (Lipinski definition) is 0. The Kier molecular flexibility index (Phi) is 7.31. The van der Waals surface area contributed by atoms with Crippen LogP contribution in [0.3, 0.4) is 0 Å². The quantitative estimate of drug-likeness (QED) is 0.166. The molecule has 2 heterocycles. The molecule has 0 spiro atoms. The van der Waals surface area contributed by atoms with E-state index < -0.39 is 0 Å². The number of para-hydroxylation sites is 1. The van der Waals surface area contributed by atoms with Gasteiger partial charge >= 0.3 is 0 Å². The molecular weight excluding hydrogens is 713 g/mol. The fraction of sp³-hybridized carbons (Fsp3) is 0.0526. The highest BCUT2D eigenvalue weighted by molar-refractivity contribution is 6.19. The second kappa shape index (κ2) is 12.8. The number of nitrogens with zero attached hydrogens (tertiary/aromatic N) is 2. The smallest absolute Gasteiger partial charge is 0.0547 e. The summed E-state index contributed by atoms with van der Waals surface area (Å²) in [6.07, 6.45) is 0. The van der Waals surface area contributed by atoms with Gasteiger partial charge in [-0.1, -0.05) is 159 Å². The summed E-state index contributed by atoms with van der Waals surface area (Å²) in [6.45, 7) is 4.75. The molecule has 1 aliphatic rings. The average Bonchev–Trinajstić information content (AvgIpc) is 3.89. The van der Waals surface area contributed by atoms with Crippen molar-refractivity contribution in [2.24, 2.45) is 0 Å². The lowest BCUT2D eigenvalue weighted by Gasteiger charge is -2.21. The van der Waals surface area contributed by atoms with Crippen molar-refractivity contribution in [2.45, 2.75) is 19.3 Å². The zero-order chi connectivity index (χ0) is 39.2. The van der Waals surface area contributed by atoms with Crippen LogP contribution in [-0.2, 0) is 5.41 Å². The summed E-state index contributed by atoms with van der Waals surface area (Å²) in [5.41, 5.74) is 19.9. The van der Waals surface area contributed by atoms with E-state index in [0.29, 0.717) is 0 Å². The minimum Gasteiger partial charge on any atom is -0.309 e. The first-order valence-electron chi connectivity index (χ1n) is 20.6. The largest absolute Gasteiger partial charge is 0.309 e. The Morgan fingerprint density at radius 3 is 1.42 bits per heavy atom. The Hall–Kier alpha value is -7.42. The zero-order valence-electron chi connectivity index (χ0n) is 33.0. The maximum atomic E-state index is 2.47. The molecule has 0 atom stereocenters. The third-order valence-corrected chi connectivity index (χ3v) is 12.9. The van der Waals surface area contributed by atoms with Crippen molar-refractivity contribution in [3.05, 3.63) is 217 Å². The predicted octanol–water partition coefficient (Wildman–Crippen LogP) is 15.2. The lowest BCUT2D eigenvalue weighted by Crippen LogP contribution is -2.14. The molecule has 2 nitrogen and oxygen atoms in total. The van der Waals surface area contributed by atoms with Gasteiger partial charge in [-0.05, 0) is 116 Å². The van der Waals surface area contributed by atoms with Crippen molar-refractivity contribution in [2.75, 3.05) is 0 Å². The number of rotatable bonds is 5. The summed E-state index contributed by atoms with van der Waals surface area (Å²) in [5.74, 6) is 0. The van der Waals surface area contributed by atoms with Gasteiger partial charge in [0.05, 0.1) is 22.1 Å². The second-order valence-corrected chi connectivity index (χ2v) is 16.5. The minimum atomic E-state index is -0.0927. The van der Waals surface area contributed by atoms with Gasteiger partial charge in [0.1, 0.15) is 0 Å². The summed E-state index contributed by atoms with van der Waals surface area (Å²) in [7, 11) is 0. The van der Waals surface area contributed by atoms with Crippen LogP contribution in [0, 0.1) is 0 Å². The second-order valence-electron chi connectivity index (χ2n) is 16.5. The maximum Gasteiger partial charge on any atom is 0.0547 e. The van der Waals surface area contributed by atoms with E-state index >= 15 is 0 Å². The van der Waals surface area contributed by atoms with Gasteiger partial charge in [-0.3, -0.25) is 0 Å². The molecule has 2 aromatic heterocycles. The van der Waals surface area contributed by atoms with Crippen molar-refractivity contribution in [3.63, 3.8) is 0 Å². The lowest BCUT2D eigenvalue weighted by molar-refractivity contribution is 0.661. The molecule has 0 saturated heterocycles. The summed E-state index contributed by atoms with van der Waals surface area (Å²) < 4.78 is 4.88. The molecule has 2 heteroatoms. The maximum absolute atomic E-state index is 2.47. The van der Waals surface area contributed by atoms with Gasteiger partial charge in [-0.25, -0.2) is 0 Å². The molecule has 0 aliphatic heterocycles. The molecule has 59 heavy (non-hydrogen) atoms. The van der Waals surface area contributed by atoms with Gasteiger partial charge in [-0.15, -0.1) is 0 Å². The van der Waals surface area contributed by atoms with E-state index in [9.17, 15) is 0 Å². The molecule has 278 valence electrons. The summed E-state index contributed by atoms with van der Waals surface area (Å²) >= 11 is 0. The third-order valence-electron chi connectivity index (χ3n) is 12.9. The van der Waals surface area contributed by atoms with Crippen LogP contribution < -0.4 is 0 Å². The van der Waals surface area contributed by atoms with Crippen LogP contribution in [0.1, 0.15) is 25.0 Å². The Morgan fingerprint density at radius 2 is 0.780 bits per heavy atom. The van der Waals surface area contributed by atoms with E-state index in [2.05, 4.69) is 229 Å². The fourth-order valence-electron chi connectivity index (χ4n) is 10.1. The average molecular weight is 753 g/mol. The first-order valence-corrected chi connectivity index (χ1v) is 20.6. The number of fused-ring (bicyclic) bond motifs is 10. The van der Waals surface area contributed by atoms with E-state index in [1.54, 1.807) is 0 Å². The monoisotopic (exact) mass is 752 g/mol. The van der Waals surface area contributed by atoms with Crippen molar-refractivity contribution in [1.82, 2.24) is 9.13 Å². The highest BCUT2D eigenvalue weighted by Crippen LogP contribution is 2.53. The van der Waals surface area contributed by atoms with Crippen molar-refractivity contribution >= 4 is 43.6 Å². The highest BCUT2D eigenvalue weighted by atomic mass is 15.0. The Bertz CT molecular complexity index is 3420. The molecule has 0 unspecified atom stereocenters. The standard InChI is InChI=1S/C57H40N2/c1-57(2)49-19-11-9-18-46(49)55-50(57)31-34-54-56(55)48-36-42(26-33-53(48)59(54)44-29-23-40(24-30-44)38-15-7-4-8-16-38)41-25-32-52-47(35-41)45-17-10-12-20-51(45)58(52)43-27-21-39(22-28-43)37-13-5-3-6-14-37/h3-36H,1-2H3. The lowest BCUT2D eigenvalue weighted by atomic mass is 9.82. The zero-order valence-corrected chi connectivity index (χ0v) is 33.0. The van der Waals surface area contributed by atoms with E-state index in [4.69, 9.17) is 0 Å². The molecule has 0 fully saturated rings. The van der Waals surface area contributed by atoms with Crippen molar-refractivity contribution in [1.29, 1.82) is 0 Å². The SMILES string of the molecule is CC1(C)c2ccccc2-c2c1ccc1c2c2cc(-c3ccc4c(c3)c3ccccc3n4-c3ccc(-c4ccccc4)cc3)ccc2n1-c1ccc(-c2ccccc2)cc1. The van der Waals surface area contributed by atoms with Crippen molar-refractivity contribution in [3.8, 4) is 55.9 Å². The van der Waals surface area contributed by atoms with Gasteiger partial charge < -0.3 is 9.13 Å². The Balaban J connectivity index is 1.05. The highest BCUT2D eigenvalue weighted by Gasteiger charge is 2.37. The molecule has 9 aromatic carbocycles.